The van der Waals surface area contributed by atoms with Crippen LogP contribution in [0.1, 0.15) is 20.8 Å². The molecule has 0 radical (unpaired) electrons. The van der Waals surface area contributed by atoms with Crippen LogP contribution in [0.25, 0.3) is 0 Å². The molecule has 0 aromatic heterocycles. The molecule has 1 unspecified atom stereocenters. The van der Waals surface area contributed by atoms with Crippen molar-refractivity contribution in [1.29, 1.82) is 0 Å². The predicted octanol–water partition coefficient (Wildman–Crippen LogP) is -0.450. The number of carbonyl (C=O) groups excluding carboxylic acids is 3. The van der Waals surface area contributed by atoms with Crippen molar-refractivity contribution in [2.45, 2.75) is 26.8 Å². The van der Waals surface area contributed by atoms with E-state index in [1.165, 1.54) is 24.1 Å². The summed E-state index contributed by atoms with van der Waals surface area (Å²) >= 11 is 0. The first-order valence-corrected chi connectivity index (χ1v) is 8.26. The Kier molecular flexibility index (Phi) is 4.08. The number of aliphatic imine (C=N–C) groups is 1. The maximum atomic E-state index is 12.8. The second kappa shape index (κ2) is 5.89. The summed E-state index contributed by atoms with van der Waals surface area (Å²) in [6, 6.07) is -1.16. The number of guanidine groups is 1. The second-order valence-corrected chi connectivity index (χ2v) is 7.47. The first-order valence-electron chi connectivity index (χ1n) is 8.26. The maximum Gasteiger partial charge on any atom is 0.417 e. The van der Waals surface area contributed by atoms with Gasteiger partial charge in [0.05, 0.1) is 12.8 Å². The van der Waals surface area contributed by atoms with E-state index in [4.69, 9.17) is 4.74 Å². The first-order chi connectivity index (χ1) is 12.1. The van der Waals surface area contributed by atoms with Gasteiger partial charge < -0.3 is 4.74 Å². The van der Waals surface area contributed by atoms with E-state index in [1.54, 1.807) is 11.6 Å². The van der Waals surface area contributed by atoms with Crippen LogP contribution in [0.3, 0.4) is 0 Å². The van der Waals surface area contributed by atoms with Crippen LogP contribution < -0.4 is 0 Å². The average molecular weight is 363 g/mol. The zero-order chi connectivity index (χ0) is 19.4. The highest BCUT2D eigenvalue weighted by atomic mass is 16.5. The highest BCUT2D eigenvalue weighted by Gasteiger charge is 2.54. The largest absolute Gasteiger partial charge is 0.467 e. The number of rotatable bonds is 2. The van der Waals surface area contributed by atoms with Gasteiger partial charge in [-0.1, -0.05) is 25.8 Å². The van der Waals surface area contributed by atoms with Crippen LogP contribution in [0.5, 0.6) is 0 Å². The smallest absolute Gasteiger partial charge is 0.417 e. The number of hydrogen-bond acceptors (Lipinski definition) is 7. The average Bonchev–Trinajstić information content (AvgIpc) is 2.97. The second-order valence-electron chi connectivity index (χ2n) is 7.47. The molecule has 0 N–H and O–H groups in total. The number of hydrazone groups is 1. The summed E-state index contributed by atoms with van der Waals surface area (Å²) in [5, 5.41) is 6.00. The third-order valence-electron chi connectivity index (χ3n) is 4.67. The van der Waals surface area contributed by atoms with Gasteiger partial charge in [-0.2, -0.15) is 0 Å². The summed E-state index contributed by atoms with van der Waals surface area (Å²) in [6.45, 7) is 6.28. The van der Waals surface area contributed by atoms with Gasteiger partial charge in [-0.25, -0.2) is 14.2 Å². The number of amides is 3. The highest BCUT2D eigenvalue weighted by Crippen LogP contribution is 2.26. The lowest BCUT2D eigenvalue weighted by molar-refractivity contribution is -0.528. The van der Waals surface area contributed by atoms with Gasteiger partial charge in [0.25, 0.3) is 5.91 Å². The highest BCUT2D eigenvalue weighted by molar-refractivity contribution is 6.23. The Hall–Kier alpha value is -2.78. The van der Waals surface area contributed by atoms with Gasteiger partial charge in [-0.05, 0) is 0 Å². The number of carbonyl (C=O) groups is 3. The first kappa shape index (κ1) is 18.0. The Morgan fingerprint density at radius 1 is 1.27 bits per heavy atom. The van der Waals surface area contributed by atoms with Gasteiger partial charge >= 0.3 is 18.0 Å². The maximum absolute atomic E-state index is 12.8. The SMILES string of the molecule is COC(=O)CN1N=C(C(C)(C)C)C[N+]2=C1N=C1C2C(=O)N(C)C(=O)N1C. The Labute approximate surface area is 151 Å². The minimum absolute atomic E-state index is 0.132. The van der Waals surface area contributed by atoms with Crippen LogP contribution in [0.2, 0.25) is 0 Å². The van der Waals surface area contributed by atoms with E-state index in [0.717, 1.165) is 10.6 Å². The molecule has 3 rings (SSSR count). The van der Waals surface area contributed by atoms with Gasteiger partial charge in [-0.15, -0.1) is 10.1 Å². The molecular weight excluding hydrogens is 340 g/mol. The Morgan fingerprint density at radius 3 is 2.50 bits per heavy atom. The number of nitrogens with zero attached hydrogens (tertiary/aromatic N) is 6. The van der Waals surface area contributed by atoms with E-state index in [1.807, 2.05) is 20.8 Å². The molecule has 1 saturated heterocycles. The molecule has 10 heteroatoms. The van der Waals surface area contributed by atoms with Crippen molar-refractivity contribution in [2.24, 2.45) is 15.5 Å². The number of imide groups is 1. The summed E-state index contributed by atoms with van der Waals surface area (Å²) in [4.78, 5) is 43.7. The lowest BCUT2D eigenvalue weighted by Crippen LogP contribution is -2.62. The zero-order valence-electron chi connectivity index (χ0n) is 15.8. The minimum atomic E-state index is -0.717. The normalized spacial score (nSPS) is 23.0. The third-order valence-corrected chi connectivity index (χ3v) is 4.67. The Balaban J connectivity index is 2.06. The molecule has 0 saturated carbocycles. The number of methoxy groups -OCH3 is 1. The lowest BCUT2D eigenvalue weighted by atomic mass is 9.89. The van der Waals surface area contributed by atoms with E-state index < -0.39 is 18.0 Å². The van der Waals surface area contributed by atoms with Crippen LogP contribution in [0.15, 0.2) is 10.1 Å². The van der Waals surface area contributed by atoms with Gasteiger partial charge in [-0.3, -0.25) is 14.6 Å². The van der Waals surface area contributed by atoms with Crippen LogP contribution in [-0.2, 0) is 14.3 Å². The molecule has 3 heterocycles. The van der Waals surface area contributed by atoms with Crippen LogP contribution in [0.4, 0.5) is 4.79 Å². The number of ether oxygens (including phenoxy) is 1. The van der Waals surface area contributed by atoms with Crippen LogP contribution in [0, 0.1) is 5.41 Å². The molecule has 0 spiro atoms. The van der Waals surface area contributed by atoms with Gasteiger partial charge in [0.1, 0.15) is 6.54 Å². The van der Waals surface area contributed by atoms with Gasteiger partial charge in [0, 0.05) is 19.5 Å². The van der Waals surface area contributed by atoms with Crippen LogP contribution >= 0.6 is 0 Å². The number of hydrogen-bond donors (Lipinski definition) is 0. The molecule has 3 aliphatic heterocycles. The zero-order valence-corrected chi connectivity index (χ0v) is 15.8. The molecule has 1 fully saturated rings. The van der Waals surface area contributed by atoms with E-state index in [2.05, 4.69) is 10.1 Å². The molecule has 140 valence electrons. The number of fused-ring (bicyclic) bond motifs is 2. The molecule has 3 aliphatic rings. The number of esters is 1. The standard InChI is InChI=1S/C16H23N6O4/c1-16(2,3)9-7-21-11-12(19(4)15(25)20(5)13(11)24)17-14(21)22(18-9)8-10(23)26-6/h11H,7-8H2,1-6H3/q+1. The molecule has 0 aromatic carbocycles. The fraction of sp³-hybridized carbons (Fsp3) is 0.625. The summed E-state index contributed by atoms with van der Waals surface area (Å²) in [5.41, 5.74) is 0.533. The number of urea groups is 1. The Morgan fingerprint density at radius 2 is 1.92 bits per heavy atom. The topological polar surface area (TPSA) is 97.9 Å². The van der Waals surface area contributed by atoms with Crippen LogP contribution in [-0.4, -0.2) is 95.1 Å². The predicted molar refractivity (Wildman–Crippen MR) is 92.9 cm³/mol. The summed E-state index contributed by atoms with van der Waals surface area (Å²) in [7, 11) is 4.32. The van der Waals surface area contributed by atoms with Crippen molar-refractivity contribution in [3.05, 3.63) is 0 Å². The van der Waals surface area contributed by atoms with Crippen molar-refractivity contribution >= 4 is 35.4 Å². The van der Waals surface area contributed by atoms with Crippen molar-refractivity contribution < 1.29 is 23.7 Å². The summed E-state index contributed by atoms with van der Waals surface area (Å²) in [5.74, 6) is -0.116. The fourth-order valence-electron chi connectivity index (χ4n) is 3.02. The molecule has 0 bridgehead atoms. The minimum Gasteiger partial charge on any atom is -0.467 e. The Bertz CT molecular complexity index is 791. The van der Waals surface area contributed by atoms with Crippen molar-refractivity contribution in [3.63, 3.8) is 0 Å². The van der Waals surface area contributed by atoms with Crippen molar-refractivity contribution in [3.8, 4) is 0 Å². The molecule has 26 heavy (non-hydrogen) atoms. The number of amidine groups is 1. The number of likely N-dealkylation sites (N-methyl/N-ethyl adjacent to an activating group) is 2. The fourth-order valence-corrected chi connectivity index (χ4v) is 3.02. The van der Waals surface area contributed by atoms with E-state index >= 15 is 0 Å². The third kappa shape index (κ3) is 2.65. The molecule has 0 aromatic rings. The monoisotopic (exact) mass is 363 g/mol. The van der Waals surface area contributed by atoms with Gasteiger partial charge in [0.2, 0.25) is 11.9 Å². The molecule has 3 amide bonds. The van der Waals surface area contributed by atoms with E-state index in [0.29, 0.717) is 18.3 Å². The molecule has 0 aliphatic carbocycles. The summed E-state index contributed by atoms with van der Waals surface area (Å²) in [6.07, 6.45) is 0. The lowest BCUT2D eigenvalue weighted by Gasteiger charge is -2.33. The molecular formula is C16H23N6O4+. The molecule has 10 nitrogen and oxygen atoms in total. The van der Waals surface area contributed by atoms with E-state index in [9.17, 15) is 14.4 Å². The van der Waals surface area contributed by atoms with E-state index in [-0.39, 0.29) is 17.9 Å². The summed E-state index contributed by atoms with van der Waals surface area (Å²) < 4.78 is 6.53. The van der Waals surface area contributed by atoms with Crippen molar-refractivity contribution in [2.75, 3.05) is 34.3 Å². The van der Waals surface area contributed by atoms with Gasteiger partial charge in [0.15, 0.2) is 6.54 Å². The quantitative estimate of drug-likeness (QED) is 0.489. The molecule has 1 atom stereocenters. The van der Waals surface area contributed by atoms with Crippen molar-refractivity contribution in [1.82, 2.24) is 14.8 Å².